The first-order valence-corrected chi connectivity index (χ1v) is 6.68. The van der Waals surface area contributed by atoms with Crippen LogP contribution in [-0.2, 0) is 4.74 Å². The summed E-state index contributed by atoms with van der Waals surface area (Å²) in [5, 5.41) is 4.00. The van der Waals surface area contributed by atoms with E-state index in [4.69, 9.17) is 9.15 Å². The third kappa shape index (κ3) is 3.72. The van der Waals surface area contributed by atoms with Crippen LogP contribution in [0, 0.1) is 13.8 Å². The van der Waals surface area contributed by atoms with Gasteiger partial charge in [-0.05, 0) is 34.7 Å². The van der Waals surface area contributed by atoms with Gasteiger partial charge >= 0.3 is 0 Å². The molecule has 0 aliphatic heterocycles. The van der Waals surface area contributed by atoms with Crippen LogP contribution in [0.2, 0.25) is 0 Å². The third-order valence-electron chi connectivity index (χ3n) is 3.10. The molecule has 1 aromatic heterocycles. The van der Waals surface area contributed by atoms with Crippen molar-refractivity contribution in [2.45, 2.75) is 44.6 Å². The minimum atomic E-state index is -0.210. The molecule has 1 aromatic rings. The topological polar surface area (TPSA) is 47.3 Å². The fraction of sp³-hybridized carbons (Fsp3) is 0.750. The first kappa shape index (κ1) is 14.5. The highest BCUT2D eigenvalue weighted by molar-refractivity contribution is 7.99. The number of hydrogen-bond acceptors (Lipinski definition) is 5. The van der Waals surface area contributed by atoms with E-state index in [1.807, 2.05) is 20.9 Å². The fourth-order valence-electron chi connectivity index (χ4n) is 1.43. The van der Waals surface area contributed by atoms with Crippen LogP contribution in [0.3, 0.4) is 0 Å². The van der Waals surface area contributed by atoms with Gasteiger partial charge in [0.15, 0.2) is 0 Å². The number of aryl methyl sites for hydroxylation is 2. The molecule has 0 saturated carbocycles. The predicted octanol–water partition coefficient (Wildman–Crippen LogP) is 2.40. The van der Waals surface area contributed by atoms with E-state index >= 15 is 0 Å². The average molecular weight is 258 g/mol. The maximum Gasteiger partial charge on any atom is 0.256 e. The van der Waals surface area contributed by atoms with Gasteiger partial charge in [-0.3, -0.25) is 0 Å². The maximum atomic E-state index is 5.54. The zero-order chi connectivity index (χ0) is 13.1. The number of rotatable bonds is 6. The average Bonchev–Trinajstić information content (AvgIpc) is 2.59. The van der Waals surface area contributed by atoms with Crippen molar-refractivity contribution >= 4 is 11.8 Å². The summed E-state index contributed by atoms with van der Waals surface area (Å²) >= 11 is 1.61. The molecule has 0 amide bonds. The zero-order valence-electron chi connectivity index (χ0n) is 11.5. The summed E-state index contributed by atoms with van der Waals surface area (Å²) in [5.74, 6) is 1.75. The van der Waals surface area contributed by atoms with Gasteiger partial charge in [0, 0.05) is 18.9 Å². The van der Waals surface area contributed by atoms with Crippen LogP contribution >= 0.6 is 11.8 Å². The van der Waals surface area contributed by atoms with E-state index in [0.29, 0.717) is 0 Å². The Morgan fingerprint density at radius 1 is 1.47 bits per heavy atom. The molecule has 0 aliphatic rings. The molecule has 98 valence electrons. The second-order valence-electron chi connectivity index (χ2n) is 4.58. The standard InChI is InChI=1S/C12H22N2O2S/c1-8-9(2)16-11(14-8)17-7-10(13-5)12(3,4)15-6/h10,13H,7H2,1-6H3. The van der Waals surface area contributed by atoms with Crippen LogP contribution in [0.1, 0.15) is 25.3 Å². The smallest absolute Gasteiger partial charge is 0.256 e. The van der Waals surface area contributed by atoms with Gasteiger partial charge in [-0.25, -0.2) is 4.98 Å². The van der Waals surface area contributed by atoms with E-state index in [9.17, 15) is 0 Å². The highest BCUT2D eigenvalue weighted by Crippen LogP contribution is 2.24. The van der Waals surface area contributed by atoms with Gasteiger partial charge in [0.05, 0.1) is 11.3 Å². The first-order chi connectivity index (χ1) is 7.90. The Morgan fingerprint density at radius 2 is 2.12 bits per heavy atom. The number of likely N-dealkylation sites (N-methyl/N-ethyl adjacent to an activating group) is 1. The van der Waals surface area contributed by atoms with Crippen LogP contribution in [0.25, 0.3) is 0 Å². The van der Waals surface area contributed by atoms with Crippen LogP contribution in [-0.4, -0.2) is 36.5 Å². The Morgan fingerprint density at radius 3 is 2.53 bits per heavy atom. The molecule has 0 fully saturated rings. The van der Waals surface area contributed by atoms with Crippen LogP contribution < -0.4 is 5.32 Å². The van der Waals surface area contributed by atoms with Crippen molar-refractivity contribution in [3.63, 3.8) is 0 Å². The predicted molar refractivity (Wildman–Crippen MR) is 70.6 cm³/mol. The minimum Gasteiger partial charge on any atom is -0.437 e. The van der Waals surface area contributed by atoms with Gasteiger partial charge in [-0.2, -0.15) is 0 Å². The number of nitrogens with zero attached hydrogens (tertiary/aromatic N) is 1. The number of ether oxygens (including phenoxy) is 1. The number of methoxy groups -OCH3 is 1. The molecule has 0 bridgehead atoms. The quantitative estimate of drug-likeness (QED) is 0.794. The van der Waals surface area contributed by atoms with E-state index in [0.717, 1.165) is 22.4 Å². The first-order valence-electron chi connectivity index (χ1n) is 5.70. The lowest BCUT2D eigenvalue weighted by Gasteiger charge is -2.32. The third-order valence-corrected chi connectivity index (χ3v) is 4.02. The van der Waals surface area contributed by atoms with Gasteiger partial charge in [-0.1, -0.05) is 11.8 Å². The molecule has 1 atom stereocenters. The molecule has 1 N–H and O–H groups in total. The fourth-order valence-corrected chi connectivity index (χ4v) is 2.70. The second-order valence-corrected chi connectivity index (χ2v) is 5.55. The molecule has 1 heterocycles. The highest BCUT2D eigenvalue weighted by Gasteiger charge is 2.28. The summed E-state index contributed by atoms with van der Waals surface area (Å²) in [6.45, 7) is 8.03. The Labute approximate surface area is 108 Å². The largest absolute Gasteiger partial charge is 0.437 e. The van der Waals surface area contributed by atoms with Crippen molar-refractivity contribution in [2.24, 2.45) is 0 Å². The zero-order valence-corrected chi connectivity index (χ0v) is 12.3. The minimum absolute atomic E-state index is 0.210. The van der Waals surface area contributed by atoms with Gasteiger partial charge in [0.25, 0.3) is 5.22 Å². The van der Waals surface area contributed by atoms with Crippen molar-refractivity contribution in [1.29, 1.82) is 0 Å². The monoisotopic (exact) mass is 258 g/mol. The Balaban J connectivity index is 2.59. The molecule has 4 nitrogen and oxygen atoms in total. The van der Waals surface area contributed by atoms with Gasteiger partial charge in [0.1, 0.15) is 5.76 Å². The molecule has 0 saturated heterocycles. The number of oxazole rings is 1. The molecule has 1 unspecified atom stereocenters. The van der Waals surface area contributed by atoms with E-state index < -0.39 is 0 Å². The highest BCUT2D eigenvalue weighted by atomic mass is 32.2. The number of nitrogens with one attached hydrogen (secondary N) is 1. The molecular weight excluding hydrogens is 236 g/mol. The Kier molecular flexibility index (Phi) is 5.04. The second kappa shape index (κ2) is 5.89. The molecule has 0 aliphatic carbocycles. The van der Waals surface area contributed by atoms with E-state index in [-0.39, 0.29) is 11.6 Å². The van der Waals surface area contributed by atoms with Crippen molar-refractivity contribution < 1.29 is 9.15 Å². The molecule has 0 radical (unpaired) electrons. The number of hydrogen-bond donors (Lipinski definition) is 1. The molecular formula is C12H22N2O2S. The molecule has 0 spiro atoms. The summed E-state index contributed by atoms with van der Waals surface area (Å²) < 4.78 is 11.0. The lowest BCUT2D eigenvalue weighted by molar-refractivity contribution is -0.00159. The van der Waals surface area contributed by atoms with Crippen molar-refractivity contribution in [3.8, 4) is 0 Å². The summed E-state index contributed by atoms with van der Waals surface area (Å²) in [6.07, 6.45) is 0. The Bertz CT molecular complexity index is 344. The normalized spacial score (nSPS) is 14.0. The summed E-state index contributed by atoms with van der Waals surface area (Å²) in [5.41, 5.74) is 0.748. The summed E-state index contributed by atoms with van der Waals surface area (Å²) in [6, 6.07) is 0.241. The van der Waals surface area contributed by atoms with E-state index in [1.165, 1.54) is 0 Å². The molecule has 0 aromatic carbocycles. The van der Waals surface area contributed by atoms with Gasteiger partial charge in [-0.15, -0.1) is 0 Å². The maximum absolute atomic E-state index is 5.54. The molecule has 5 heteroatoms. The molecule has 17 heavy (non-hydrogen) atoms. The SMILES string of the molecule is CNC(CSc1nc(C)c(C)o1)C(C)(C)OC. The Hall–Kier alpha value is -0.520. The van der Waals surface area contributed by atoms with E-state index in [2.05, 4.69) is 24.1 Å². The van der Waals surface area contributed by atoms with Gasteiger partial charge in [0.2, 0.25) is 0 Å². The van der Waals surface area contributed by atoms with Crippen molar-refractivity contribution in [1.82, 2.24) is 10.3 Å². The lowest BCUT2D eigenvalue weighted by atomic mass is 10.0. The van der Waals surface area contributed by atoms with Crippen molar-refractivity contribution in [3.05, 3.63) is 11.5 Å². The van der Waals surface area contributed by atoms with Crippen LogP contribution in [0.5, 0.6) is 0 Å². The van der Waals surface area contributed by atoms with Gasteiger partial charge < -0.3 is 14.5 Å². The summed E-state index contributed by atoms with van der Waals surface area (Å²) in [7, 11) is 3.67. The van der Waals surface area contributed by atoms with E-state index in [1.54, 1.807) is 18.9 Å². The molecule has 1 rings (SSSR count). The summed E-state index contributed by atoms with van der Waals surface area (Å²) in [4.78, 5) is 4.35. The van der Waals surface area contributed by atoms with Crippen molar-refractivity contribution in [2.75, 3.05) is 19.9 Å². The van der Waals surface area contributed by atoms with Crippen LogP contribution in [0.15, 0.2) is 9.64 Å². The lowest BCUT2D eigenvalue weighted by Crippen LogP contribution is -2.48. The van der Waals surface area contributed by atoms with Crippen LogP contribution in [0.4, 0.5) is 0 Å². The number of thioether (sulfide) groups is 1. The number of aromatic nitrogens is 1.